The number of nitrogens with one attached hydrogen (secondary N) is 1. The van der Waals surface area contributed by atoms with E-state index in [4.69, 9.17) is 9.47 Å². The van der Waals surface area contributed by atoms with E-state index in [1.54, 1.807) is 24.5 Å². The molecule has 1 aromatic heterocycles. The fraction of sp³-hybridized carbons (Fsp3) is 0.143. The van der Waals surface area contributed by atoms with E-state index in [1.807, 2.05) is 54.6 Å². The molecule has 5 heteroatoms. The summed E-state index contributed by atoms with van der Waals surface area (Å²) in [5.74, 6) is 0.170. The van der Waals surface area contributed by atoms with E-state index in [9.17, 15) is 4.79 Å². The van der Waals surface area contributed by atoms with Crippen LogP contribution in [0.3, 0.4) is 0 Å². The van der Waals surface area contributed by atoms with Gasteiger partial charge in [0.05, 0.1) is 18.8 Å². The second-order valence-electron chi connectivity index (χ2n) is 7.57. The molecule has 1 unspecified atom stereocenters. The van der Waals surface area contributed by atoms with Crippen LogP contribution < -0.4 is 10.1 Å². The topological polar surface area (TPSA) is 60.5 Å². The first-order valence-corrected chi connectivity index (χ1v) is 10.8. The molecule has 1 atom stereocenters. The number of aromatic nitrogens is 1. The average Bonchev–Trinajstić information content (AvgIpc) is 2.91. The maximum Gasteiger partial charge on any atom is 0.326 e. The number of ether oxygens (including phenoxy) is 2. The van der Waals surface area contributed by atoms with Gasteiger partial charge in [0.15, 0.2) is 0 Å². The number of hydrogen-bond acceptors (Lipinski definition) is 5. The van der Waals surface area contributed by atoms with Crippen molar-refractivity contribution in [3.05, 3.63) is 132 Å². The van der Waals surface area contributed by atoms with Crippen molar-refractivity contribution in [3.63, 3.8) is 0 Å². The molecule has 0 saturated heterocycles. The molecule has 4 rings (SSSR count). The van der Waals surface area contributed by atoms with Gasteiger partial charge < -0.3 is 9.47 Å². The van der Waals surface area contributed by atoms with E-state index in [0.29, 0.717) is 5.75 Å². The van der Waals surface area contributed by atoms with Crippen molar-refractivity contribution in [2.45, 2.75) is 11.6 Å². The molecule has 1 N–H and O–H groups in total. The lowest BCUT2D eigenvalue weighted by atomic mass is 9.76. The van der Waals surface area contributed by atoms with Gasteiger partial charge in [-0.05, 0) is 28.8 Å². The highest BCUT2D eigenvalue weighted by molar-refractivity contribution is 5.76. The normalized spacial score (nSPS) is 12.0. The molecule has 0 bridgehead atoms. The molecule has 0 aliphatic carbocycles. The second-order valence-corrected chi connectivity index (χ2v) is 7.57. The molecule has 3 aromatic carbocycles. The van der Waals surface area contributed by atoms with Crippen molar-refractivity contribution in [2.24, 2.45) is 0 Å². The predicted molar refractivity (Wildman–Crippen MR) is 128 cm³/mol. The van der Waals surface area contributed by atoms with Crippen LogP contribution in [0.1, 0.15) is 16.7 Å². The zero-order valence-electron chi connectivity index (χ0n) is 18.4. The van der Waals surface area contributed by atoms with Gasteiger partial charge in [0.2, 0.25) is 0 Å². The van der Waals surface area contributed by atoms with Gasteiger partial charge in [-0.1, -0.05) is 91.0 Å². The molecular weight excluding hydrogens is 412 g/mol. The van der Waals surface area contributed by atoms with Crippen molar-refractivity contribution in [1.29, 1.82) is 0 Å². The number of nitrogens with zero attached hydrogens (tertiary/aromatic N) is 1. The molecule has 0 spiro atoms. The van der Waals surface area contributed by atoms with Crippen LogP contribution in [0, 0.1) is 0 Å². The van der Waals surface area contributed by atoms with Gasteiger partial charge in [0.1, 0.15) is 18.4 Å². The molecule has 166 valence electrons. The molecule has 0 amide bonds. The highest BCUT2D eigenvalue weighted by atomic mass is 16.5. The Kier molecular flexibility index (Phi) is 7.12. The Bertz CT molecular complexity index is 1040. The van der Waals surface area contributed by atoms with E-state index >= 15 is 0 Å². The Hall–Kier alpha value is -3.96. The van der Waals surface area contributed by atoms with Crippen molar-refractivity contribution < 1.29 is 14.3 Å². The monoisotopic (exact) mass is 438 g/mol. The van der Waals surface area contributed by atoms with Gasteiger partial charge in [0.25, 0.3) is 0 Å². The van der Waals surface area contributed by atoms with E-state index in [2.05, 4.69) is 46.7 Å². The first-order chi connectivity index (χ1) is 16.2. The van der Waals surface area contributed by atoms with Crippen LogP contribution in [-0.4, -0.2) is 30.7 Å². The number of esters is 1. The number of benzene rings is 3. The quantitative estimate of drug-likeness (QED) is 0.306. The van der Waals surface area contributed by atoms with Gasteiger partial charge in [0, 0.05) is 6.20 Å². The Balaban J connectivity index is 1.83. The molecule has 0 aliphatic heterocycles. The Labute approximate surface area is 194 Å². The first-order valence-electron chi connectivity index (χ1n) is 10.8. The SMILES string of the molecule is COC(=O)C(COc1cccnc1)NC(c1ccccc1)(c1ccccc1)c1ccccc1. The van der Waals surface area contributed by atoms with Crippen LogP contribution in [0.25, 0.3) is 0 Å². The third kappa shape index (κ3) is 4.94. The summed E-state index contributed by atoms with van der Waals surface area (Å²) < 4.78 is 11.1. The standard InChI is InChI=1S/C28H26N2O3/c1-32-27(31)26(21-33-25-18-11-19-29-20-25)30-28(22-12-5-2-6-13-22,23-14-7-3-8-15-23)24-16-9-4-10-17-24/h2-20,26,30H,21H2,1H3. The first kappa shape index (κ1) is 22.2. The molecule has 33 heavy (non-hydrogen) atoms. The number of carbonyl (C=O) groups excluding carboxylic acids is 1. The minimum atomic E-state index is -0.819. The molecule has 1 heterocycles. The molecule has 0 radical (unpaired) electrons. The van der Waals surface area contributed by atoms with Crippen molar-refractivity contribution in [1.82, 2.24) is 10.3 Å². The maximum absolute atomic E-state index is 12.9. The minimum Gasteiger partial charge on any atom is -0.490 e. The zero-order chi connectivity index (χ0) is 22.9. The number of pyridine rings is 1. The van der Waals surface area contributed by atoms with Crippen LogP contribution in [0.15, 0.2) is 116 Å². The lowest BCUT2D eigenvalue weighted by molar-refractivity contribution is -0.144. The van der Waals surface area contributed by atoms with Crippen LogP contribution in [0.5, 0.6) is 5.75 Å². The van der Waals surface area contributed by atoms with Gasteiger partial charge in [-0.2, -0.15) is 0 Å². The highest BCUT2D eigenvalue weighted by Gasteiger charge is 2.40. The third-order valence-corrected chi connectivity index (χ3v) is 5.55. The zero-order valence-corrected chi connectivity index (χ0v) is 18.4. The summed E-state index contributed by atoms with van der Waals surface area (Å²) in [6.07, 6.45) is 3.29. The van der Waals surface area contributed by atoms with Crippen LogP contribution in [0.2, 0.25) is 0 Å². The molecule has 0 fully saturated rings. The van der Waals surface area contributed by atoms with Gasteiger partial charge >= 0.3 is 5.97 Å². The van der Waals surface area contributed by atoms with Gasteiger partial charge in [-0.15, -0.1) is 0 Å². The van der Waals surface area contributed by atoms with Crippen LogP contribution in [-0.2, 0) is 15.1 Å². The second kappa shape index (κ2) is 10.6. The van der Waals surface area contributed by atoms with Crippen molar-refractivity contribution >= 4 is 5.97 Å². The fourth-order valence-electron chi connectivity index (χ4n) is 4.00. The average molecular weight is 439 g/mol. The lowest BCUT2D eigenvalue weighted by Gasteiger charge is -2.39. The summed E-state index contributed by atoms with van der Waals surface area (Å²) >= 11 is 0. The van der Waals surface area contributed by atoms with Crippen LogP contribution >= 0.6 is 0 Å². The van der Waals surface area contributed by atoms with Crippen molar-refractivity contribution in [2.75, 3.05) is 13.7 Å². The molecule has 0 saturated carbocycles. The van der Waals surface area contributed by atoms with E-state index in [-0.39, 0.29) is 6.61 Å². The fourth-order valence-corrected chi connectivity index (χ4v) is 4.00. The summed E-state index contributed by atoms with van der Waals surface area (Å²) in [5, 5.41) is 3.62. The highest BCUT2D eigenvalue weighted by Crippen LogP contribution is 2.37. The smallest absolute Gasteiger partial charge is 0.326 e. The summed E-state index contributed by atoms with van der Waals surface area (Å²) in [7, 11) is 1.39. The summed E-state index contributed by atoms with van der Waals surface area (Å²) in [6.45, 7) is 0.0760. The minimum absolute atomic E-state index is 0.0760. The molecule has 0 aliphatic rings. The van der Waals surface area contributed by atoms with E-state index < -0.39 is 17.6 Å². The summed E-state index contributed by atoms with van der Waals surface area (Å²) in [5.41, 5.74) is 2.18. The van der Waals surface area contributed by atoms with Gasteiger partial charge in [-0.3, -0.25) is 15.1 Å². The molecule has 5 nitrogen and oxygen atoms in total. The number of hydrogen-bond donors (Lipinski definition) is 1. The summed E-state index contributed by atoms with van der Waals surface area (Å²) in [4.78, 5) is 17.0. The number of methoxy groups -OCH3 is 1. The van der Waals surface area contributed by atoms with E-state index in [1.165, 1.54) is 7.11 Å². The Morgan fingerprint density at radius 3 is 1.76 bits per heavy atom. The summed E-state index contributed by atoms with van der Waals surface area (Å²) in [6, 6.07) is 33.1. The van der Waals surface area contributed by atoms with Crippen molar-refractivity contribution in [3.8, 4) is 5.75 Å². The van der Waals surface area contributed by atoms with E-state index in [0.717, 1.165) is 16.7 Å². The predicted octanol–water partition coefficient (Wildman–Crippen LogP) is 4.58. The van der Waals surface area contributed by atoms with Crippen LogP contribution in [0.4, 0.5) is 0 Å². The van der Waals surface area contributed by atoms with Gasteiger partial charge in [-0.25, -0.2) is 0 Å². The Morgan fingerprint density at radius 2 is 1.33 bits per heavy atom. The number of carbonyl (C=O) groups is 1. The number of rotatable bonds is 9. The molecular formula is C28H26N2O3. The third-order valence-electron chi connectivity index (χ3n) is 5.55. The molecule has 4 aromatic rings. The lowest BCUT2D eigenvalue weighted by Crippen LogP contribution is -2.55. The Morgan fingerprint density at radius 1 is 0.818 bits per heavy atom. The maximum atomic E-state index is 12.9. The largest absolute Gasteiger partial charge is 0.490 e.